The van der Waals surface area contributed by atoms with Crippen molar-refractivity contribution in [3.8, 4) is 0 Å². The number of nitrogens with one attached hydrogen (secondary N) is 1. The van der Waals surface area contributed by atoms with E-state index in [0.717, 1.165) is 0 Å². The Morgan fingerprint density at radius 2 is 2.13 bits per heavy atom. The van der Waals surface area contributed by atoms with Crippen molar-refractivity contribution in [3.63, 3.8) is 0 Å². The standard InChI is InChI=1S/C8H14N2O4S/c1-5(4-11)10-15(12,13)8-6(2)9-14-7(8)3/h5,10-11H,4H2,1-3H3. The third-order valence-corrected chi connectivity index (χ3v) is 3.70. The van der Waals surface area contributed by atoms with Crippen LogP contribution in [0.4, 0.5) is 0 Å². The maximum absolute atomic E-state index is 11.8. The van der Waals surface area contributed by atoms with Gasteiger partial charge < -0.3 is 9.63 Å². The summed E-state index contributed by atoms with van der Waals surface area (Å²) >= 11 is 0. The monoisotopic (exact) mass is 234 g/mol. The Kier molecular flexibility index (Phi) is 3.48. The summed E-state index contributed by atoms with van der Waals surface area (Å²) in [6.45, 7) is 4.38. The molecule has 0 spiro atoms. The number of aliphatic hydroxyl groups is 1. The number of rotatable bonds is 4. The lowest BCUT2D eigenvalue weighted by Gasteiger charge is -2.10. The summed E-state index contributed by atoms with van der Waals surface area (Å²) < 4.78 is 30.6. The number of hydrogen-bond donors (Lipinski definition) is 2. The van der Waals surface area contributed by atoms with Gasteiger partial charge in [-0.2, -0.15) is 0 Å². The molecule has 7 heteroatoms. The van der Waals surface area contributed by atoms with Crippen molar-refractivity contribution in [2.45, 2.75) is 31.7 Å². The molecule has 1 aromatic rings. The lowest BCUT2D eigenvalue weighted by atomic mass is 10.4. The van der Waals surface area contributed by atoms with Crippen molar-refractivity contribution >= 4 is 10.0 Å². The molecule has 1 heterocycles. The molecule has 15 heavy (non-hydrogen) atoms. The van der Waals surface area contributed by atoms with Crippen LogP contribution in [0.2, 0.25) is 0 Å². The molecule has 0 aliphatic rings. The minimum Gasteiger partial charge on any atom is -0.395 e. The molecule has 1 rings (SSSR count). The molecule has 0 radical (unpaired) electrons. The SMILES string of the molecule is Cc1noc(C)c1S(=O)(=O)NC(C)CO. The fraction of sp³-hybridized carbons (Fsp3) is 0.625. The Labute approximate surface area is 88.3 Å². The summed E-state index contributed by atoms with van der Waals surface area (Å²) in [5.74, 6) is 0.241. The predicted molar refractivity (Wildman–Crippen MR) is 52.8 cm³/mol. The summed E-state index contributed by atoms with van der Waals surface area (Å²) in [5.41, 5.74) is 0.310. The first-order valence-corrected chi connectivity index (χ1v) is 5.93. The fourth-order valence-corrected chi connectivity index (χ4v) is 2.78. The van der Waals surface area contributed by atoms with Gasteiger partial charge in [0.1, 0.15) is 10.6 Å². The van der Waals surface area contributed by atoms with Gasteiger partial charge in [0.05, 0.1) is 6.61 Å². The van der Waals surface area contributed by atoms with Crippen molar-refractivity contribution in [3.05, 3.63) is 11.5 Å². The highest BCUT2D eigenvalue weighted by Crippen LogP contribution is 2.18. The molecule has 0 saturated heterocycles. The van der Waals surface area contributed by atoms with Crippen molar-refractivity contribution in [2.24, 2.45) is 0 Å². The zero-order valence-corrected chi connectivity index (χ0v) is 9.63. The van der Waals surface area contributed by atoms with E-state index in [9.17, 15) is 8.42 Å². The topological polar surface area (TPSA) is 92.4 Å². The molecule has 0 aliphatic heterocycles. The number of aromatic nitrogens is 1. The molecular weight excluding hydrogens is 220 g/mol. The summed E-state index contributed by atoms with van der Waals surface area (Å²) in [6.07, 6.45) is 0. The second-order valence-corrected chi connectivity index (χ2v) is 5.01. The fourth-order valence-electron chi connectivity index (χ4n) is 1.22. The molecular formula is C8H14N2O4S. The molecule has 2 N–H and O–H groups in total. The van der Waals surface area contributed by atoms with Gasteiger partial charge in [-0.15, -0.1) is 0 Å². The maximum atomic E-state index is 11.8. The van der Waals surface area contributed by atoms with E-state index in [1.807, 2.05) is 0 Å². The Morgan fingerprint density at radius 1 is 1.53 bits per heavy atom. The molecule has 0 aromatic carbocycles. The minimum absolute atomic E-state index is 0.0443. The number of aliphatic hydroxyl groups excluding tert-OH is 1. The summed E-state index contributed by atoms with van der Waals surface area (Å²) in [4.78, 5) is 0.0443. The zero-order valence-electron chi connectivity index (χ0n) is 8.81. The first-order valence-electron chi connectivity index (χ1n) is 4.44. The second-order valence-electron chi connectivity index (χ2n) is 3.36. The molecule has 0 bridgehead atoms. The summed E-state index contributed by atoms with van der Waals surface area (Å²) in [5, 5.41) is 12.3. The maximum Gasteiger partial charge on any atom is 0.246 e. The normalized spacial score (nSPS) is 14.1. The molecule has 0 saturated carbocycles. The number of aryl methyl sites for hydroxylation is 2. The average Bonchev–Trinajstić information content (AvgIpc) is 2.45. The van der Waals surface area contributed by atoms with Crippen LogP contribution in [0.1, 0.15) is 18.4 Å². The van der Waals surface area contributed by atoms with Crippen molar-refractivity contribution in [2.75, 3.05) is 6.61 Å². The Bertz CT molecular complexity index is 418. The Hall–Kier alpha value is -0.920. The van der Waals surface area contributed by atoms with E-state index in [1.165, 1.54) is 6.92 Å². The van der Waals surface area contributed by atoms with E-state index < -0.39 is 16.1 Å². The Morgan fingerprint density at radius 3 is 2.53 bits per heavy atom. The van der Waals surface area contributed by atoms with E-state index in [2.05, 4.69) is 9.88 Å². The van der Waals surface area contributed by atoms with Gasteiger partial charge in [0, 0.05) is 6.04 Å². The van der Waals surface area contributed by atoms with Gasteiger partial charge in [-0.05, 0) is 20.8 Å². The van der Waals surface area contributed by atoms with Crippen LogP contribution in [0.15, 0.2) is 9.42 Å². The van der Waals surface area contributed by atoms with Crippen molar-refractivity contribution in [1.82, 2.24) is 9.88 Å². The molecule has 1 unspecified atom stereocenters. The third-order valence-electron chi connectivity index (χ3n) is 1.87. The Balaban J connectivity index is 3.07. The minimum atomic E-state index is -3.66. The number of hydrogen-bond acceptors (Lipinski definition) is 5. The first kappa shape index (κ1) is 12.2. The highest BCUT2D eigenvalue weighted by Gasteiger charge is 2.25. The molecule has 86 valence electrons. The average molecular weight is 234 g/mol. The molecule has 6 nitrogen and oxygen atoms in total. The lowest BCUT2D eigenvalue weighted by Crippen LogP contribution is -2.35. The quantitative estimate of drug-likeness (QED) is 0.762. The van der Waals surface area contributed by atoms with Gasteiger partial charge in [-0.25, -0.2) is 13.1 Å². The van der Waals surface area contributed by atoms with Crippen LogP contribution in [0.3, 0.4) is 0 Å². The van der Waals surface area contributed by atoms with Crippen LogP contribution in [-0.2, 0) is 10.0 Å². The van der Waals surface area contributed by atoms with Crippen molar-refractivity contribution < 1.29 is 18.0 Å². The van der Waals surface area contributed by atoms with Crippen LogP contribution >= 0.6 is 0 Å². The van der Waals surface area contributed by atoms with Gasteiger partial charge >= 0.3 is 0 Å². The molecule has 0 fully saturated rings. The number of nitrogens with zero attached hydrogens (tertiary/aromatic N) is 1. The summed E-state index contributed by atoms with van der Waals surface area (Å²) in [7, 11) is -3.66. The first-order chi connectivity index (χ1) is 6.88. The molecule has 0 amide bonds. The largest absolute Gasteiger partial charge is 0.395 e. The smallest absolute Gasteiger partial charge is 0.246 e. The van der Waals surface area contributed by atoms with Crippen molar-refractivity contribution in [1.29, 1.82) is 0 Å². The van der Waals surface area contributed by atoms with E-state index in [4.69, 9.17) is 9.63 Å². The number of sulfonamides is 1. The highest BCUT2D eigenvalue weighted by molar-refractivity contribution is 7.89. The zero-order chi connectivity index (χ0) is 11.6. The molecule has 1 atom stereocenters. The van der Waals surface area contributed by atoms with Gasteiger partial charge in [0.25, 0.3) is 0 Å². The lowest BCUT2D eigenvalue weighted by molar-refractivity contribution is 0.265. The van der Waals surface area contributed by atoms with Gasteiger partial charge in [-0.3, -0.25) is 0 Å². The van der Waals surface area contributed by atoms with E-state index in [-0.39, 0.29) is 17.3 Å². The second kappa shape index (κ2) is 4.30. The van der Waals surface area contributed by atoms with E-state index >= 15 is 0 Å². The highest BCUT2D eigenvalue weighted by atomic mass is 32.2. The van der Waals surface area contributed by atoms with Crippen LogP contribution in [-0.4, -0.2) is 31.3 Å². The van der Waals surface area contributed by atoms with Gasteiger partial charge in [0.2, 0.25) is 10.0 Å². The van der Waals surface area contributed by atoms with Gasteiger partial charge in [-0.1, -0.05) is 5.16 Å². The van der Waals surface area contributed by atoms with Crippen LogP contribution < -0.4 is 4.72 Å². The third kappa shape index (κ3) is 2.55. The van der Waals surface area contributed by atoms with E-state index in [1.54, 1.807) is 13.8 Å². The van der Waals surface area contributed by atoms with Gasteiger partial charge in [0.15, 0.2) is 5.76 Å². The van der Waals surface area contributed by atoms with Crippen LogP contribution in [0.5, 0.6) is 0 Å². The van der Waals surface area contributed by atoms with Crippen LogP contribution in [0, 0.1) is 13.8 Å². The van der Waals surface area contributed by atoms with Crippen LogP contribution in [0.25, 0.3) is 0 Å². The molecule has 1 aromatic heterocycles. The molecule has 0 aliphatic carbocycles. The predicted octanol–water partition coefficient (Wildman–Crippen LogP) is -0.0495. The summed E-state index contributed by atoms with van der Waals surface area (Å²) in [6, 6.07) is -0.538. The van der Waals surface area contributed by atoms with E-state index in [0.29, 0.717) is 5.69 Å².